The number of nitrogens with one attached hydrogen (secondary N) is 1. The Hall–Kier alpha value is -0.690. The zero-order valence-electron chi connectivity index (χ0n) is 10.2. The summed E-state index contributed by atoms with van der Waals surface area (Å²) in [7, 11) is 0. The van der Waals surface area contributed by atoms with Gasteiger partial charge in [0, 0.05) is 6.54 Å². The van der Waals surface area contributed by atoms with E-state index in [0.29, 0.717) is 0 Å². The maximum atomic E-state index is 8.49. The van der Waals surface area contributed by atoms with Gasteiger partial charge >= 0.3 is 0 Å². The minimum Gasteiger partial charge on any atom is -0.272 e. The van der Waals surface area contributed by atoms with E-state index in [9.17, 15) is 0 Å². The van der Waals surface area contributed by atoms with Gasteiger partial charge in [0.25, 0.3) is 0 Å². The molecule has 1 saturated carbocycles. The first-order valence-corrected chi connectivity index (χ1v) is 7.22. The maximum absolute atomic E-state index is 8.49. The van der Waals surface area contributed by atoms with Crippen LogP contribution in [0.3, 0.4) is 0 Å². The van der Waals surface area contributed by atoms with E-state index in [0.717, 1.165) is 23.5 Å². The first kappa shape index (κ1) is 13.4. The largest absolute Gasteiger partial charge is 0.272 e. The lowest BCUT2D eigenvalue weighted by molar-refractivity contribution is 0.280. The smallest absolute Gasteiger partial charge is 0.183 e. The molecule has 16 heavy (non-hydrogen) atoms. The molecule has 0 spiro atoms. The van der Waals surface area contributed by atoms with Crippen LogP contribution in [-0.4, -0.2) is 18.0 Å². The second-order valence-electron chi connectivity index (χ2n) is 4.54. The Balaban J connectivity index is 2.21. The molecule has 0 atom stereocenters. The number of nitrogens with zero attached hydrogens (tertiary/aromatic N) is 2. The normalized spacial score (nSPS) is 26.2. The van der Waals surface area contributed by atoms with Gasteiger partial charge in [-0.15, -0.1) is 0 Å². The molecule has 1 aliphatic carbocycles. The highest BCUT2D eigenvalue weighted by molar-refractivity contribution is 8.13. The third-order valence-electron chi connectivity index (χ3n) is 3.28. The zero-order valence-corrected chi connectivity index (χ0v) is 11.0. The van der Waals surface area contributed by atoms with Crippen molar-refractivity contribution in [1.82, 2.24) is 5.32 Å². The van der Waals surface area contributed by atoms with Gasteiger partial charge in [-0.05, 0) is 24.5 Å². The fraction of sp³-hybridized carbons (Fsp3) is 0.833. The summed E-state index contributed by atoms with van der Waals surface area (Å²) in [5.74, 6) is 1.77. The summed E-state index contributed by atoms with van der Waals surface area (Å²) < 4.78 is 0. The lowest BCUT2D eigenvalue weighted by atomic mass is 9.81. The van der Waals surface area contributed by atoms with Gasteiger partial charge in [-0.1, -0.05) is 44.4 Å². The Labute approximate surface area is 103 Å². The predicted octanol–water partition coefficient (Wildman–Crippen LogP) is 2.99. The van der Waals surface area contributed by atoms with Gasteiger partial charge in [-0.3, -0.25) is 10.3 Å². The molecule has 1 aliphatic rings. The molecule has 0 amide bonds. The van der Waals surface area contributed by atoms with Crippen molar-refractivity contribution in [2.45, 2.75) is 39.0 Å². The van der Waals surface area contributed by atoms with Gasteiger partial charge < -0.3 is 0 Å². The van der Waals surface area contributed by atoms with E-state index < -0.39 is 0 Å². The average Bonchev–Trinajstić information content (AvgIpc) is 2.30. The molecule has 0 aromatic carbocycles. The molecule has 0 radical (unpaired) electrons. The minimum absolute atomic E-state index is 0.742. The lowest BCUT2D eigenvalue weighted by Crippen LogP contribution is -2.16. The van der Waals surface area contributed by atoms with Gasteiger partial charge in [-0.25, -0.2) is 0 Å². The molecule has 1 rings (SSSR count). The Bertz CT molecular complexity index is 262. The molecule has 1 N–H and O–H groups in total. The fourth-order valence-corrected chi connectivity index (χ4v) is 2.54. The third-order valence-corrected chi connectivity index (χ3v) is 3.90. The fourth-order valence-electron chi connectivity index (χ4n) is 2.17. The summed E-state index contributed by atoms with van der Waals surface area (Å²) in [6, 6.07) is 0. The number of rotatable bonds is 3. The van der Waals surface area contributed by atoms with Gasteiger partial charge in [0.05, 0.1) is 0 Å². The van der Waals surface area contributed by atoms with Gasteiger partial charge in [0.1, 0.15) is 0 Å². The van der Waals surface area contributed by atoms with Crippen molar-refractivity contribution in [2.75, 3.05) is 12.8 Å². The summed E-state index contributed by atoms with van der Waals surface area (Å²) in [6.07, 6.45) is 10.5. The van der Waals surface area contributed by atoms with Crippen LogP contribution in [0.1, 0.15) is 39.0 Å². The van der Waals surface area contributed by atoms with Crippen LogP contribution in [0.2, 0.25) is 0 Å². The molecule has 1 fully saturated rings. The first-order valence-electron chi connectivity index (χ1n) is 5.99. The second kappa shape index (κ2) is 7.56. The molecule has 0 saturated heterocycles. The van der Waals surface area contributed by atoms with Crippen LogP contribution >= 0.6 is 11.8 Å². The van der Waals surface area contributed by atoms with Gasteiger partial charge in [0.15, 0.2) is 11.4 Å². The molecule has 0 aromatic rings. The Kier molecular flexibility index (Phi) is 6.32. The van der Waals surface area contributed by atoms with E-state index in [-0.39, 0.29) is 0 Å². The number of thioether (sulfide) groups is 1. The number of aliphatic imine (C=N–C) groups is 1. The van der Waals surface area contributed by atoms with Crippen LogP contribution in [-0.2, 0) is 0 Å². The van der Waals surface area contributed by atoms with E-state index in [4.69, 9.17) is 5.26 Å². The minimum atomic E-state index is 0.742. The number of hydrogen-bond donors (Lipinski definition) is 1. The average molecular weight is 239 g/mol. The number of hydrogen-bond acceptors (Lipinski definition) is 3. The number of amidine groups is 1. The summed E-state index contributed by atoms with van der Waals surface area (Å²) in [5.41, 5.74) is 0. The van der Waals surface area contributed by atoms with E-state index >= 15 is 0 Å². The Morgan fingerprint density at radius 3 is 2.69 bits per heavy atom. The van der Waals surface area contributed by atoms with Crippen molar-refractivity contribution in [3.05, 3.63) is 0 Å². The number of nitriles is 1. The van der Waals surface area contributed by atoms with E-state index in [1.807, 2.05) is 12.4 Å². The zero-order chi connectivity index (χ0) is 11.8. The summed E-state index contributed by atoms with van der Waals surface area (Å²) in [6.45, 7) is 3.20. The van der Waals surface area contributed by atoms with E-state index in [1.165, 1.54) is 43.9 Å². The van der Waals surface area contributed by atoms with Crippen molar-refractivity contribution in [3.63, 3.8) is 0 Å². The van der Waals surface area contributed by atoms with Crippen LogP contribution in [0.5, 0.6) is 0 Å². The standard InChI is InChI=1S/C12H21N3S/c1-10-3-5-11(6-4-10)7-8-14-12(16-2)15-9-13/h10-11H,3-8H2,1-2H3,(H,14,15). The molecule has 0 unspecified atom stereocenters. The quantitative estimate of drug-likeness (QED) is 0.356. The highest BCUT2D eigenvalue weighted by Gasteiger charge is 2.17. The third kappa shape index (κ3) is 4.89. The first-order chi connectivity index (χ1) is 7.76. The molecule has 0 heterocycles. The van der Waals surface area contributed by atoms with Crippen LogP contribution in [0, 0.1) is 23.3 Å². The molecular weight excluding hydrogens is 218 g/mol. The molecule has 3 nitrogen and oxygen atoms in total. The lowest BCUT2D eigenvalue weighted by Gasteiger charge is -2.25. The second-order valence-corrected chi connectivity index (χ2v) is 5.34. The highest BCUT2D eigenvalue weighted by atomic mass is 32.2. The Morgan fingerprint density at radius 2 is 2.12 bits per heavy atom. The Morgan fingerprint density at radius 1 is 1.44 bits per heavy atom. The van der Waals surface area contributed by atoms with Crippen molar-refractivity contribution >= 4 is 16.9 Å². The summed E-state index contributed by atoms with van der Waals surface area (Å²) >= 11 is 1.50. The molecule has 0 aliphatic heterocycles. The van der Waals surface area contributed by atoms with E-state index in [1.54, 1.807) is 0 Å². The molecule has 90 valence electrons. The van der Waals surface area contributed by atoms with Crippen LogP contribution in [0.25, 0.3) is 0 Å². The van der Waals surface area contributed by atoms with Crippen LogP contribution in [0.15, 0.2) is 4.99 Å². The monoisotopic (exact) mass is 239 g/mol. The molecule has 0 aromatic heterocycles. The van der Waals surface area contributed by atoms with Crippen molar-refractivity contribution < 1.29 is 0 Å². The topological polar surface area (TPSA) is 48.2 Å². The van der Waals surface area contributed by atoms with Crippen molar-refractivity contribution in [3.8, 4) is 6.19 Å². The summed E-state index contributed by atoms with van der Waals surface area (Å²) in [5, 5.41) is 11.8. The molecular formula is C12H21N3S. The van der Waals surface area contributed by atoms with Crippen LogP contribution in [0.4, 0.5) is 0 Å². The summed E-state index contributed by atoms with van der Waals surface area (Å²) in [4.78, 5) is 4.39. The highest BCUT2D eigenvalue weighted by Crippen LogP contribution is 2.30. The van der Waals surface area contributed by atoms with Crippen molar-refractivity contribution in [2.24, 2.45) is 16.8 Å². The molecule has 4 heteroatoms. The van der Waals surface area contributed by atoms with Crippen LogP contribution < -0.4 is 5.32 Å². The SMILES string of the molecule is CSC(=NCCC1CCC(C)CC1)NC#N. The van der Waals surface area contributed by atoms with Gasteiger partial charge in [0.2, 0.25) is 0 Å². The van der Waals surface area contributed by atoms with Gasteiger partial charge in [-0.2, -0.15) is 5.26 Å². The molecule has 0 bridgehead atoms. The van der Waals surface area contributed by atoms with Crippen molar-refractivity contribution in [1.29, 1.82) is 5.26 Å². The maximum Gasteiger partial charge on any atom is 0.183 e. The predicted molar refractivity (Wildman–Crippen MR) is 70.3 cm³/mol. The van der Waals surface area contributed by atoms with E-state index in [2.05, 4.69) is 17.2 Å².